The zero-order chi connectivity index (χ0) is 2.83. The average Bonchev–Trinajstić information content (AvgIpc) is 0.722. The number of hydrogen-bond donors (Lipinski definition) is 0. The topological polar surface area (TPSA) is 23.3 Å². The quantitative estimate of drug-likeness (QED) is 0.369. The normalized spacial score (nSPS) is 24.0. The van der Waals surface area contributed by atoms with Gasteiger partial charge in [-0.3, -0.25) is 4.84 Å². The van der Waals surface area contributed by atoms with Gasteiger partial charge in [0.25, 0.3) is 0 Å². The molecule has 0 amide bonds. The molecule has 2 heteroatoms. The largest absolute Gasteiger partial charge is 0.280 e. The summed E-state index contributed by atoms with van der Waals surface area (Å²) in [5.74, 6) is 0. The van der Waals surface area contributed by atoms with E-state index in [0.29, 0.717) is 0 Å². The minimum Gasteiger partial charge on any atom is -0.280 e. The van der Waals surface area contributed by atoms with Gasteiger partial charge < -0.3 is 0 Å². The summed E-state index contributed by atoms with van der Waals surface area (Å²) in [7, 11) is 0. The highest BCUT2D eigenvalue weighted by Gasteiger charge is 1.96. The molecule has 1 rings (SSSR count). The van der Waals surface area contributed by atoms with Crippen molar-refractivity contribution in [3.8, 4) is 0 Å². The molecule has 23 valence electrons. The highest BCUT2D eigenvalue weighted by Crippen LogP contribution is 1.77. The first-order chi connectivity index (χ1) is 2.00. The van der Waals surface area contributed by atoms with Crippen LogP contribution in [0.2, 0.25) is 0 Å². The fraction of sp³-hybridized carbons (Fsp3) is 1.00. The minimum atomic E-state index is 0.833. The fourth-order valence-electron chi connectivity index (χ4n) is 0.0913. The van der Waals surface area contributed by atoms with Gasteiger partial charge in [0.2, 0.25) is 0 Å². The second-order valence-corrected chi connectivity index (χ2v) is 0.686. The van der Waals surface area contributed by atoms with E-state index in [2.05, 4.69) is 10.3 Å². The SMILES string of the molecule is C1CO[N]1. The van der Waals surface area contributed by atoms with Gasteiger partial charge >= 0.3 is 0 Å². The third-order valence-electron chi connectivity index (χ3n) is 0.365. The summed E-state index contributed by atoms with van der Waals surface area (Å²) in [5.41, 5.74) is 3.42. The van der Waals surface area contributed by atoms with Gasteiger partial charge in [-0.05, 0) is 0 Å². The molecule has 1 fully saturated rings. The Labute approximate surface area is 24.7 Å². The first-order valence-electron chi connectivity index (χ1n) is 1.29. The lowest BCUT2D eigenvalue weighted by molar-refractivity contribution is -0.0565. The maximum absolute atomic E-state index is 4.35. The van der Waals surface area contributed by atoms with Crippen LogP contribution in [0, 0.1) is 0 Å². The summed E-state index contributed by atoms with van der Waals surface area (Å²) in [6.45, 7) is 1.74. The van der Waals surface area contributed by atoms with E-state index in [1.165, 1.54) is 0 Å². The summed E-state index contributed by atoms with van der Waals surface area (Å²) < 4.78 is 0. The lowest BCUT2D eigenvalue weighted by atomic mass is 10.7. The van der Waals surface area contributed by atoms with Gasteiger partial charge in [0.05, 0.1) is 13.2 Å². The Hall–Kier alpha value is -0.0800. The van der Waals surface area contributed by atoms with Gasteiger partial charge in [-0.1, -0.05) is 5.48 Å². The van der Waals surface area contributed by atoms with E-state index >= 15 is 0 Å². The molecule has 1 radical (unpaired) electrons. The van der Waals surface area contributed by atoms with E-state index in [1.807, 2.05) is 0 Å². The van der Waals surface area contributed by atoms with Crippen LogP contribution in [0.1, 0.15) is 0 Å². The first-order valence-corrected chi connectivity index (χ1v) is 1.29. The summed E-state index contributed by atoms with van der Waals surface area (Å²) in [4.78, 5) is 4.35. The summed E-state index contributed by atoms with van der Waals surface area (Å²) in [6.07, 6.45) is 0. The maximum atomic E-state index is 4.35. The lowest BCUT2D eigenvalue weighted by Gasteiger charge is -2.06. The Kier molecular flexibility index (Phi) is 0.381. The van der Waals surface area contributed by atoms with Crippen molar-refractivity contribution in [1.29, 1.82) is 0 Å². The van der Waals surface area contributed by atoms with Crippen LogP contribution in [-0.4, -0.2) is 13.2 Å². The molecule has 0 aromatic heterocycles. The van der Waals surface area contributed by atoms with Crippen molar-refractivity contribution in [2.45, 2.75) is 0 Å². The molecule has 1 saturated heterocycles. The third kappa shape index (κ3) is 0.106. The van der Waals surface area contributed by atoms with Gasteiger partial charge in [-0.2, -0.15) is 0 Å². The van der Waals surface area contributed by atoms with Crippen LogP contribution in [0.4, 0.5) is 0 Å². The maximum Gasteiger partial charge on any atom is 0.0869 e. The van der Waals surface area contributed by atoms with Gasteiger partial charge in [0.1, 0.15) is 0 Å². The number of rotatable bonds is 0. The molecule has 1 aliphatic rings. The molecule has 0 spiro atoms. The molecule has 2 nitrogen and oxygen atoms in total. The highest BCUT2D eigenvalue weighted by atomic mass is 16.7. The summed E-state index contributed by atoms with van der Waals surface area (Å²) in [5, 5.41) is 0. The van der Waals surface area contributed by atoms with Crippen molar-refractivity contribution >= 4 is 0 Å². The van der Waals surface area contributed by atoms with Crippen molar-refractivity contribution in [3.63, 3.8) is 0 Å². The minimum absolute atomic E-state index is 0.833. The second-order valence-electron chi connectivity index (χ2n) is 0.686. The zero-order valence-corrected chi connectivity index (χ0v) is 2.27. The Morgan fingerprint density at radius 3 is 2.00 bits per heavy atom. The lowest BCUT2D eigenvalue weighted by Crippen LogP contribution is -2.25. The molecular formula is C2H4NO. The molecule has 1 aliphatic heterocycles. The highest BCUT2D eigenvalue weighted by molar-refractivity contribution is 4.36. The predicted molar refractivity (Wildman–Crippen MR) is 13.0 cm³/mol. The zero-order valence-electron chi connectivity index (χ0n) is 2.27. The summed E-state index contributed by atoms with van der Waals surface area (Å²) >= 11 is 0. The average molecular weight is 58.1 g/mol. The standard InChI is InChI=1S/C2H4NO/c1-2-4-3-1/h1-2H2. The fourth-order valence-corrected chi connectivity index (χ4v) is 0.0913. The number of hydroxylamine groups is 1. The Balaban J connectivity index is 2.00. The van der Waals surface area contributed by atoms with Crippen LogP contribution in [0.15, 0.2) is 0 Å². The molecule has 1 heterocycles. The van der Waals surface area contributed by atoms with Crippen molar-refractivity contribution in [2.75, 3.05) is 13.2 Å². The van der Waals surface area contributed by atoms with Crippen LogP contribution in [0.3, 0.4) is 0 Å². The Morgan fingerprint density at radius 2 is 2.00 bits per heavy atom. The van der Waals surface area contributed by atoms with Crippen molar-refractivity contribution < 1.29 is 4.84 Å². The summed E-state index contributed by atoms with van der Waals surface area (Å²) in [6, 6.07) is 0. The van der Waals surface area contributed by atoms with Crippen LogP contribution >= 0.6 is 0 Å². The van der Waals surface area contributed by atoms with Crippen molar-refractivity contribution in [1.82, 2.24) is 5.48 Å². The monoisotopic (exact) mass is 58.0 g/mol. The van der Waals surface area contributed by atoms with E-state index in [-0.39, 0.29) is 0 Å². The van der Waals surface area contributed by atoms with Crippen LogP contribution < -0.4 is 5.48 Å². The van der Waals surface area contributed by atoms with E-state index in [9.17, 15) is 0 Å². The van der Waals surface area contributed by atoms with Crippen LogP contribution in [0.5, 0.6) is 0 Å². The Bertz CT molecular complexity index is 14.0. The van der Waals surface area contributed by atoms with Crippen LogP contribution in [-0.2, 0) is 4.84 Å². The van der Waals surface area contributed by atoms with E-state index in [0.717, 1.165) is 13.2 Å². The molecule has 0 aliphatic carbocycles. The Morgan fingerprint density at radius 1 is 1.75 bits per heavy atom. The molecule has 0 unspecified atom stereocenters. The van der Waals surface area contributed by atoms with E-state index < -0.39 is 0 Å². The van der Waals surface area contributed by atoms with Crippen molar-refractivity contribution in [2.24, 2.45) is 0 Å². The van der Waals surface area contributed by atoms with E-state index in [4.69, 9.17) is 0 Å². The second kappa shape index (κ2) is 0.701. The number of nitrogens with zero attached hydrogens (tertiary/aromatic N) is 1. The van der Waals surface area contributed by atoms with Crippen molar-refractivity contribution in [3.05, 3.63) is 0 Å². The van der Waals surface area contributed by atoms with Gasteiger partial charge in [0.15, 0.2) is 0 Å². The number of hydrogen-bond acceptors (Lipinski definition) is 1. The van der Waals surface area contributed by atoms with Gasteiger partial charge in [-0.15, -0.1) is 0 Å². The van der Waals surface area contributed by atoms with E-state index in [1.54, 1.807) is 0 Å². The van der Waals surface area contributed by atoms with Gasteiger partial charge in [0, 0.05) is 0 Å². The molecule has 0 atom stereocenters. The molecule has 4 heavy (non-hydrogen) atoms. The molecule has 0 aromatic carbocycles. The predicted octanol–water partition coefficient (Wildman–Crippen LogP) is -0.464. The smallest absolute Gasteiger partial charge is 0.0869 e. The molecule has 0 bridgehead atoms. The molecule has 0 saturated carbocycles. The third-order valence-corrected chi connectivity index (χ3v) is 0.365. The van der Waals surface area contributed by atoms with Crippen LogP contribution in [0.25, 0.3) is 0 Å². The molecule has 0 N–H and O–H groups in total. The first kappa shape index (κ1) is 2.18. The molecule has 0 aromatic rings. The molecular weight excluding hydrogens is 54.0 g/mol. The van der Waals surface area contributed by atoms with Gasteiger partial charge in [-0.25, -0.2) is 0 Å².